The molecule has 1 aliphatic heterocycles. The number of piperazine rings is 1. The summed E-state index contributed by atoms with van der Waals surface area (Å²) in [6.45, 7) is 8.32. The van der Waals surface area contributed by atoms with Crippen molar-refractivity contribution < 1.29 is 9.90 Å². The first-order chi connectivity index (χ1) is 7.02. The number of aliphatic hydroxyl groups excluding tert-OH is 1. The fourth-order valence-electron chi connectivity index (χ4n) is 2.06. The molecule has 2 unspecified atom stereocenters. The number of hydrogen-bond donors (Lipinski definition) is 2. The highest BCUT2D eigenvalue weighted by Gasteiger charge is 2.31. The summed E-state index contributed by atoms with van der Waals surface area (Å²) in [5.41, 5.74) is 0. The number of rotatable bonds is 4. The Labute approximate surface area is 91.6 Å². The van der Waals surface area contributed by atoms with E-state index in [9.17, 15) is 9.90 Å². The van der Waals surface area contributed by atoms with Crippen LogP contribution in [0.2, 0.25) is 0 Å². The summed E-state index contributed by atoms with van der Waals surface area (Å²) in [6.07, 6.45) is 0.444. The van der Waals surface area contributed by atoms with Gasteiger partial charge in [0.25, 0.3) is 0 Å². The summed E-state index contributed by atoms with van der Waals surface area (Å²) >= 11 is 0. The lowest BCUT2D eigenvalue weighted by molar-refractivity contribution is -0.131. The fraction of sp³-hybridized carbons (Fsp3) is 0.909. The summed E-state index contributed by atoms with van der Waals surface area (Å²) < 4.78 is 0. The first kappa shape index (κ1) is 12.5. The molecule has 0 bridgehead atoms. The van der Waals surface area contributed by atoms with Gasteiger partial charge in [0.15, 0.2) is 0 Å². The number of nitrogens with zero attached hydrogens (tertiary/aromatic N) is 1. The zero-order chi connectivity index (χ0) is 11.4. The zero-order valence-corrected chi connectivity index (χ0v) is 9.86. The van der Waals surface area contributed by atoms with E-state index in [1.165, 1.54) is 0 Å². The summed E-state index contributed by atoms with van der Waals surface area (Å²) in [4.78, 5) is 13.9. The monoisotopic (exact) mass is 214 g/mol. The lowest BCUT2D eigenvalue weighted by Crippen LogP contribution is -2.57. The molecule has 0 spiro atoms. The Morgan fingerprint density at radius 3 is 2.73 bits per heavy atom. The lowest BCUT2D eigenvalue weighted by atomic mass is 9.99. The molecule has 0 aliphatic carbocycles. The Bertz CT molecular complexity index is 217. The number of aliphatic hydroxyl groups is 1. The number of amides is 1. The van der Waals surface area contributed by atoms with Crippen molar-refractivity contribution in [3.8, 4) is 0 Å². The van der Waals surface area contributed by atoms with E-state index in [1.54, 1.807) is 6.92 Å². The van der Waals surface area contributed by atoms with E-state index < -0.39 is 0 Å². The molecule has 1 amide bonds. The van der Waals surface area contributed by atoms with Crippen LogP contribution in [-0.4, -0.2) is 47.7 Å². The van der Waals surface area contributed by atoms with Crippen LogP contribution in [0, 0.1) is 5.92 Å². The Hall–Kier alpha value is -0.610. The van der Waals surface area contributed by atoms with E-state index in [4.69, 9.17) is 0 Å². The van der Waals surface area contributed by atoms with Crippen molar-refractivity contribution in [3.05, 3.63) is 0 Å². The van der Waals surface area contributed by atoms with Crippen LogP contribution in [0.25, 0.3) is 0 Å². The molecule has 15 heavy (non-hydrogen) atoms. The van der Waals surface area contributed by atoms with Gasteiger partial charge in [0.05, 0.1) is 12.1 Å². The summed E-state index contributed by atoms with van der Waals surface area (Å²) in [5, 5.41) is 12.1. The van der Waals surface area contributed by atoms with Crippen LogP contribution in [0.5, 0.6) is 0 Å². The first-order valence-corrected chi connectivity index (χ1v) is 5.72. The standard InChI is InChI=1S/C11H22N2O2/c1-8(2)10-11(15)12-5-7-13(10)6-4-9(3)14/h8-10,14H,4-7H2,1-3H3,(H,12,15). The molecule has 0 aromatic carbocycles. The predicted octanol–water partition coefficient (Wildman–Crippen LogP) is 0.214. The Morgan fingerprint density at radius 2 is 2.20 bits per heavy atom. The van der Waals surface area contributed by atoms with E-state index >= 15 is 0 Å². The molecule has 88 valence electrons. The second-order valence-electron chi connectivity index (χ2n) is 4.65. The van der Waals surface area contributed by atoms with Gasteiger partial charge in [0.1, 0.15) is 0 Å². The molecule has 2 atom stereocenters. The molecular formula is C11H22N2O2. The van der Waals surface area contributed by atoms with E-state index in [1.807, 2.05) is 0 Å². The van der Waals surface area contributed by atoms with Gasteiger partial charge >= 0.3 is 0 Å². The molecule has 1 fully saturated rings. The highest BCUT2D eigenvalue weighted by Crippen LogP contribution is 2.14. The van der Waals surface area contributed by atoms with Crippen LogP contribution in [-0.2, 0) is 4.79 Å². The van der Waals surface area contributed by atoms with Crippen molar-refractivity contribution in [1.82, 2.24) is 10.2 Å². The number of hydrogen-bond acceptors (Lipinski definition) is 3. The minimum atomic E-state index is -0.289. The summed E-state index contributed by atoms with van der Waals surface area (Å²) in [7, 11) is 0. The van der Waals surface area contributed by atoms with Gasteiger partial charge in [0.2, 0.25) is 5.91 Å². The van der Waals surface area contributed by atoms with E-state index in [-0.39, 0.29) is 18.1 Å². The van der Waals surface area contributed by atoms with E-state index in [0.717, 1.165) is 26.1 Å². The third-order valence-electron chi connectivity index (χ3n) is 2.83. The van der Waals surface area contributed by atoms with E-state index in [0.29, 0.717) is 5.92 Å². The third kappa shape index (κ3) is 3.47. The highest BCUT2D eigenvalue weighted by atomic mass is 16.3. The molecule has 1 aliphatic rings. The minimum absolute atomic E-state index is 0.0301. The van der Waals surface area contributed by atoms with Crippen molar-refractivity contribution in [2.45, 2.75) is 39.3 Å². The SMILES string of the molecule is CC(O)CCN1CCNC(=O)C1C(C)C. The van der Waals surface area contributed by atoms with Gasteiger partial charge in [-0.25, -0.2) is 0 Å². The molecule has 0 aromatic heterocycles. The second kappa shape index (κ2) is 5.47. The summed E-state index contributed by atoms with van der Waals surface area (Å²) in [6, 6.07) is -0.0301. The average Bonchev–Trinajstić information content (AvgIpc) is 2.13. The normalized spacial score (nSPS) is 25.4. The fourth-order valence-corrected chi connectivity index (χ4v) is 2.06. The lowest BCUT2D eigenvalue weighted by Gasteiger charge is -2.37. The topological polar surface area (TPSA) is 52.6 Å². The molecule has 1 rings (SSSR count). The molecular weight excluding hydrogens is 192 g/mol. The van der Waals surface area contributed by atoms with Gasteiger partial charge in [-0.05, 0) is 19.3 Å². The Kier molecular flexibility index (Phi) is 4.54. The first-order valence-electron chi connectivity index (χ1n) is 5.72. The van der Waals surface area contributed by atoms with Crippen LogP contribution in [0.1, 0.15) is 27.2 Å². The second-order valence-corrected chi connectivity index (χ2v) is 4.65. The van der Waals surface area contributed by atoms with Gasteiger partial charge in [0, 0.05) is 19.6 Å². The maximum Gasteiger partial charge on any atom is 0.237 e. The van der Waals surface area contributed by atoms with Crippen LogP contribution >= 0.6 is 0 Å². The Balaban J connectivity index is 2.55. The van der Waals surface area contributed by atoms with Crippen LogP contribution in [0.3, 0.4) is 0 Å². The van der Waals surface area contributed by atoms with E-state index in [2.05, 4.69) is 24.1 Å². The molecule has 0 radical (unpaired) electrons. The molecule has 1 heterocycles. The zero-order valence-electron chi connectivity index (χ0n) is 9.86. The molecule has 2 N–H and O–H groups in total. The van der Waals surface area contributed by atoms with Gasteiger partial charge in [-0.1, -0.05) is 13.8 Å². The van der Waals surface area contributed by atoms with Gasteiger partial charge in [-0.2, -0.15) is 0 Å². The molecule has 0 aromatic rings. The maximum absolute atomic E-state index is 11.7. The van der Waals surface area contributed by atoms with Crippen molar-refractivity contribution in [3.63, 3.8) is 0 Å². The van der Waals surface area contributed by atoms with Crippen molar-refractivity contribution in [1.29, 1.82) is 0 Å². The predicted molar refractivity (Wildman–Crippen MR) is 59.5 cm³/mol. The van der Waals surface area contributed by atoms with Crippen molar-refractivity contribution >= 4 is 5.91 Å². The third-order valence-corrected chi connectivity index (χ3v) is 2.83. The molecule has 4 nitrogen and oxygen atoms in total. The van der Waals surface area contributed by atoms with Gasteiger partial charge in [-0.3, -0.25) is 9.69 Å². The highest BCUT2D eigenvalue weighted by molar-refractivity contribution is 5.82. The minimum Gasteiger partial charge on any atom is -0.393 e. The van der Waals surface area contributed by atoms with Gasteiger partial charge in [-0.15, -0.1) is 0 Å². The molecule has 1 saturated heterocycles. The smallest absolute Gasteiger partial charge is 0.237 e. The summed E-state index contributed by atoms with van der Waals surface area (Å²) in [5.74, 6) is 0.446. The van der Waals surface area contributed by atoms with Crippen molar-refractivity contribution in [2.24, 2.45) is 5.92 Å². The van der Waals surface area contributed by atoms with Crippen molar-refractivity contribution in [2.75, 3.05) is 19.6 Å². The van der Waals surface area contributed by atoms with Crippen LogP contribution in [0.15, 0.2) is 0 Å². The average molecular weight is 214 g/mol. The van der Waals surface area contributed by atoms with Gasteiger partial charge < -0.3 is 10.4 Å². The Morgan fingerprint density at radius 1 is 1.53 bits per heavy atom. The molecule has 4 heteroatoms. The number of carbonyl (C=O) groups is 1. The maximum atomic E-state index is 11.7. The van der Waals surface area contributed by atoms with Crippen LogP contribution in [0.4, 0.5) is 0 Å². The number of carbonyl (C=O) groups excluding carboxylic acids is 1. The quantitative estimate of drug-likeness (QED) is 0.703. The largest absolute Gasteiger partial charge is 0.393 e. The molecule has 0 saturated carbocycles. The van der Waals surface area contributed by atoms with Crippen LogP contribution < -0.4 is 5.32 Å². The number of nitrogens with one attached hydrogen (secondary N) is 1.